The number of carbonyl (C=O) groups excluding carboxylic acids is 1. The Morgan fingerprint density at radius 2 is 2.23 bits per heavy atom. The van der Waals surface area contributed by atoms with Crippen molar-refractivity contribution in [3.8, 4) is 5.75 Å². The zero-order valence-electron chi connectivity index (χ0n) is 16.7. The molecule has 0 spiro atoms. The Labute approximate surface area is 176 Å². The van der Waals surface area contributed by atoms with Crippen LogP contribution in [0.5, 0.6) is 5.75 Å². The van der Waals surface area contributed by atoms with Crippen molar-refractivity contribution in [2.75, 3.05) is 37.0 Å². The molecular formula is C18H27FN6O4S. The van der Waals surface area contributed by atoms with Gasteiger partial charge in [0, 0.05) is 47.7 Å². The third-order valence-electron chi connectivity index (χ3n) is 5.31. The zero-order valence-corrected chi connectivity index (χ0v) is 17.5. The number of hydrogen-bond acceptors (Lipinski definition) is 9. The van der Waals surface area contributed by atoms with Crippen LogP contribution in [0.3, 0.4) is 0 Å². The summed E-state index contributed by atoms with van der Waals surface area (Å²) in [5.74, 6) is -0.0174. The van der Waals surface area contributed by atoms with E-state index in [1.165, 1.54) is 6.20 Å². The van der Waals surface area contributed by atoms with Crippen LogP contribution >= 0.6 is 0 Å². The smallest absolute Gasteiger partial charge is 0.234 e. The lowest BCUT2D eigenvalue weighted by Gasteiger charge is -2.39. The molecule has 1 amide bonds. The lowest BCUT2D eigenvalue weighted by Crippen LogP contribution is -2.62. The molecule has 0 saturated carbocycles. The van der Waals surface area contributed by atoms with Gasteiger partial charge >= 0.3 is 0 Å². The highest BCUT2D eigenvalue weighted by molar-refractivity contribution is 7.85. The molecule has 0 aliphatic carbocycles. The van der Waals surface area contributed by atoms with Crippen molar-refractivity contribution in [2.45, 2.75) is 37.4 Å². The summed E-state index contributed by atoms with van der Waals surface area (Å²) in [6.07, 6.45) is 1.13. The standard InChI is InChI=1S/C18H27FN6O4S/c1-25-10-11(19)8-22-17(25)15(16(20)24-27)18(26)23-13-9-21-5-2-14(13)29-12-3-6-30(28)7-4-12/h2,5,9,11-12,15-17,22H,3-4,6-8,10,20H2,1H3,(H,23,26). The lowest BCUT2D eigenvalue weighted by molar-refractivity contribution is -0.124. The molecule has 4 N–H and O–H groups in total. The van der Waals surface area contributed by atoms with Crippen LogP contribution in [0.15, 0.2) is 23.6 Å². The molecule has 4 atom stereocenters. The van der Waals surface area contributed by atoms with E-state index in [4.69, 9.17) is 10.5 Å². The zero-order chi connectivity index (χ0) is 21.7. The van der Waals surface area contributed by atoms with E-state index < -0.39 is 41.1 Å². The van der Waals surface area contributed by atoms with Gasteiger partial charge in [-0.1, -0.05) is 5.18 Å². The number of halogens is 1. The number of aromatic nitrogens is 1. The summed E-state index contributed by atoms with van der Waals surface area (Å²) in [5, 5.41) is 8.48. The highest BCUT2D eigenvalue weighted by atomic mass is 32.2. The molecule has 0 bridgehead atoms. The molecule has 4 unspecified atom stereocenters. The number of nitroso groups, excluding NO2 is 1. The summed E-state index contributed by atoms with van der Waals surface area (Å²) in [7, 11) is 0.836. The molecule has 30 heavy (non-hydrogen) atoms. The highest BCUT2D eigenvalue weighted by Crippen LogP contribution is 2.28. The number of alkyl halides is 1. The SMILES string of the molecule is CN1CC(F)CNC1C(C(=O)Nc1cnccc1OC1CCS(=O)CC1)C(N)N=O. The first-order valence-corrected chi connectivity index (χ1v) is 11.3. The molecule has 0 aromatic carbocycles. The third kappa shape index (κ3) is 5.56. The number of hydrogen-bond donors (Lipinski definition) is 3. The fourth-order valence-corrected chi connectivity index (χ4v) is 4.97. The van der Waals surface area contributed by atoms with Crippen LogP contribution in [0, 0.1) is 10.8 Å². The molecule has 2 fully saturated rings. The summed E-state index contributed by atoms with van der Waals surface area (Å²) >= 11 is 0. The monoisotopic (exact) mass is 442 g/mol. The molecule has 3 heterocycles. The normalized spacial score (nSPS) is 29.6. The van der Waals surface area contributed by atoms with E-state index in [0.717, 1.165) is 0 Å². The number of nitrogens with one attached hydrogen (secondary N) is 2. The third-order valence-corrected chi connectivity index (χ3v) is 6.69. The van der Waals surface area contributed by atoms with Crippen molar-refractivity contribution in [2.24, 2.45) is 16.8 Å². The predicted octanol–water partition coefficient (Wildman–Crippen LogP) is 0.177. The largest absolute Gasteiger partial charge is 0.488 e. The Morgan fingerprint density at radius 3 is 2.90 bits per heavy atom. The van der Waals surface area contributed by atoms with E-state index in [0.29, 0.717) is 35.8 Å². The van der Waals surface area contributed by atoms with Crippen LogP contribution in [0.2, 0.25) is 0 Å². The van der Waals surface area contributed by atoms with Crippen LogP contribution < -0.4 is 21.1 Å². The average molecular weight is 443 g/mol. The van der Waals surface area contributed by atoms with Gasteiger partial charge in [0.25, 0.3) is 0 Å². The molecule has 1 aromatic heterocycles. The molecule has 2 saturated heterocycles. The molecule has 2 aliphatic rings. The van der Waals surface area contributed by atoms with Crippen molar-refractivity contribution in [3.05, 3.63) is 23.4 Å². The number of nitrogens with two attached hydrogens (primary N) is 1. The molecule has 2 aliphatic heterocycles. The quantitative estimate of drug-likeness (QED) is 0.508. The van der Waals surface area contributed by atoms with Crippen LogP contribution in [-0.2, 0) is 15.6 Å². The molecule has 1 aromatic rings. The molecule has 10 nitrogen and oxygen atoms in total. The minimum Gasteiger partial charge on any atom is -0.488 e. The maximum atomic E-state index is 13.6. The Kier molecular flexibility index (Phi) is 7.81. The average Bonchev–Trinajstić information content (AvgIpc) is 2.72. The Bertz CT molecular complexity index is 777. The number of anilines is 1. The first-order valence-electron chi connectivity index (χ1n) is 9.81. The van der Waals surface area contributed by atoms with E-state index in [9.17, 15) is 18.3 Å². The topological polar surface area (TPSA) is 139 Å². The lowest BCUT2D eigenvalue weighted by atomic mass is 9.98. The second kappa shape index (κ2) is 10.3. The fraction of sp³-hybridized carbons (Fsp3) is 0.667. The number of amides is 1. The van der Waals surface area contributed by atoms with Gasteiger partial charge in [0.1, 0.15) is 29.6 Å². The minimum atomic E-state index is -1.32. The fourth-order valence-electron chi connectivity index (χ4n) is 3.71. The Hall–Kier alpha value is -2.02. The van der Waals surface area contributed by atoms with Gasteiger partial charge in [0.05, 0.1) is 12.4 Å². The molecule has 12 heteroatoms. The van der Waals surface area contributed by atoms with Gasteiger partial charge in [-0.05, 0) is 19.9 Å². The van der Waals surface area contributed by atoms with Gasteiger partial charge in [-0.25, -0.2) is 4.39 Å². The van der Waals surface area contributed by atoms with E-state index in [2.05, 4.69) is 20.8 Å². The van der Waals surface area contributed by atoms with Crippen molar-refractivity contribution in [1.82, 2.24) is 15.2 Å². The molecule has 0 radical (unpaired) electrons. The van der Waals surface area contributed by atoms with E-state index in [1.54, 1.807) is 24.2 Å². The summed E-state index contributed by atoms with van der Waals surface area (Å²) in [4.78, 5) is 29.8. The van der Waals surface area contributed by atoms with Gasteiger partial charge in [-0.2, -0.15) is 0 Å². The molecular weight excluding hydrogens is 415 g/mol. The van der Waals surface area contributed by atoms with Crippen LogP contribution in [0.25, 0.3) is 0 Å². The van der Waals surface area contributed by atoms with E-state index in [-0.39, 0.29) is 19.2 Å². The van der Waals surface area contributed by atoms with Crippen molar-refractivity contribution in [3.63, 3.8) is 0 Å². The van der Waals surface area contributed by atoms with Crippen LogP contribution in [-0.4, -0.2) is 76.3 Å². The van der Waals surface area contributed by atoms with Gasteiger partial charge in [-0.15, -0.1) is 4.91 Å². The second-order valence-corrected chi connectivity index (χ2v) is 9.23. The molecule has 3 rings (SSSR count). The first kappa shape index (κ1) is 22.7. The van der Waals surface area contributed by atoms with E-state index >= 15 is 0 Å². The number of pyridine rings is 1. The van der Waals surface area contributed by atoms with E-state index in [1.807, 2.05) is 0 Å². The summed E-state index contributed by atoms with van der Waals surface area (Å²) in [6, 6.07) is 1.63. The Morgan fingerprint density at radius 1 is 1.50 bits per heavy atom. The van der Waals surface area contributed by atoms with Gasteiger partial charge < -0.3 is 15.8 Å². The van der Waals surface area contributed by atoms with Gasteiger partial charge in [0.15, 0.2) is 6.17 Å². The first-order chi connectivity index (χ1) is 14.4. The summed E-state index contributed by atoms with van der Waals surface area (Å²) in [6.45, 7) is 0.159. The van der Waals surface area contributed by atoms with Crippen molar-refractivity contribution < 1.29 is 18.1 Å². The number of nitrogens with zero attached hydrogens (tertiary/aromatic N) is 3. The number of ether oxygens (including phenoxy) is 1. The van der Waals surface area contributed by atoms with Crippen LogP contribution in [0.1, 0.15) is 12.8 Å². The number of rotatable bonds is 7. The summed E-state index contributed by atoms with van der Waals surface area (Å²) < 4.78 is 31.2. The van der Waals surface area contributed by atoms with Crippen molar-refractivity contribution >= 4 is 22.4 Å². The maximum absolute atomic E-state index is 13.6. The summed E-state index contributed by atoms with van der Waals surface area (Å²) in [5.41, 5.74) is 6.16. The highest BCUT2D eigenvalue weighted by Gasteiger charge is 2.40. The van der Waals surface area contributed by atoms with Gasteiger partial charge in [0.2, 0.25) is 5.91 Å². The predicted molar refractivity (Wildman–Crippen MR) is 111 cm³/mol. The maximum Gasteiger partial charge on any atom is 0.234 e. The number of carbonyl (C=O) groups is 1. The Balaban J connectivity index is 1.74. The van der Waals surface area contributed by atoms with Gasteiger partial charge in [-0.3, -0.25) is 24.2 Å². The van der Waals surface area contributed by atoms with Crippen molar-refractivity contribution in [1.29, 1.82) is 0 Å². The minimum absolute atomic E-state index is 0.0503. The van der Waals surface area contributed by atoms with Crippen LogP contribution in [0.4, 0.5) is 10.1 Å². The second-order valence-electron chi connectivity index (χ2n) is 7.54. The molecule has 166 valence electrons.